The van der Waals surface area contributed by atoms with Crippen LogP contribution in [-0.2, 0) is 23.9 Å². The summed E-state index contributed by atoms with van der Waals surface area (Å²) in [5, 5.41) is 0. The highest BCUT2D eigenvalue weighted by molar-refractivity contribution is 5.76. The van der Waals surface area contributed by atoms with E-state index in [1.54, 1.807) is 0 Å². The highest BCUT2D eigenvalue weighted by Crippen LogP contribution is 2.22. The van der Waals surface area contributed by atoms with Crippen molar-refractivity contribution in [1.82, 2.24) is 14.7 Å². The summed E-state index contributed by atoms with van der Waals surface area (Å²) in [6, 6.07) is 0. The smallest absolute Gasteiger partial charge is 0.305 e. The highest BCUT2D eigenvalue weighted by Gasteiger charge is 2.15. The monoisotopic (exact) mass is 920 g/mol. The molecule has 386 valence electrons. The summed E-state index contributed by atoms with van der Waals surface area (Å²) < 4.78 is 11.8. The Labute approximate surface area is 405 Å². The van der Waals surface area contributed by atoms with Crippen LogP contribution in [-0.4, -0.2) is 98.6 Å². The van der Waals surface area contributed by atoms with Gasteiger partial charge in [-0.1, -0.05) is 175 Å². The number of unbranched alkanes of at least 4 members (excludes halogenated alkanes) is 22. The molecule has 65 heavy (non-hydrogen) atoms. The maximum Gasteiger partial charge on any atom is 0.305 e. The topological polar surface area (TPSA) is 79.4 Å². The van der Waals surface area contributed by atoms with E-state index in [1.807, 2.05) is 4.90 Å². The first-order chi connectivity index (χ1) is 31.7. The molecule has 1 amide bonds. The molecule has 0 aromatic heterocycles. The summed E-state index contributed by atoms with van der Waals surface area (Å²) in [6.07, 6.45) is 41.6. The van der Waals surface area contributed by atoms with Gasteiger partial charge in [0.1, 0.15) is 0 Å². The van der Waals surface area contributed by atoms with E-state index < -0.39 is 0 Å². The number of esters is 2. The quantitative estimate of drug-likeness (QED) is 0.0444. The predicted molar refractivity (Wildman–Crippen MR) is 280 cm³/mol. The third kappa shape index (κ3) is 42.2. The third-order valence-corrected chi connectivity index (χ3v) is 13.9. The third-order valence-electron chi connectivity index (χ3n) is 13.9. The number of rotatable bonds is 51. The fourth-order valence-corrected chi connectivity index (χ4v) is 9.23. The van der Waals surface area contributed by atoms with Crippen LogP contribution in [0.1, 0.15) is 273 Å². The molecular weight excluding hydrogens is 807 g/mol. The minimum absolute atomic E-state index is 0.0127. The van der Waals surface area contributed by atoms with Gasteiger partial charge in [0.2, 0.25) is 5.91 Å². The van der Waals surface area contributed by atoms with Crippen molar-refractivity contribution in [3.63, 3.8) is 0 Å². The predicted octanol–water partition coefficient (Wildman–Crippen LogP) is 15.5. The molecular formula is C57H113N3O5. The van der Waals surface area contributed by atoms with E-state index in [4.69, 9.17) is 9.47 Å². The van der Waals surface area contributed by atoms with Crippen molar-refractivity contribution in [3.05, 3.63) is 0 Å². The molecule has 0 N–H and O–H groups in total. The Bertz CT molecular complexity index is 980. The van der Waals surface area contributed by atoms with Gasteiger partial charge in [0.25, 0.3) is 0 Å². The van der Waals surface area contributed by atoms with Crippen LogP contribution in [0.3, 0.4) is 0 Å². The van der Waals surface area contributed by atoms with Crippen molar-refractivity contribution in [2.24, 2.45) is 11.8 Å². The molecule has 0 saturated heterocycles. The second-order valence-corrected chi connectivity index (χ2v) is 20.1. The Hall–Kier alpha value is -1.67. The second kappa shape index (κ2) is 48.8. The Morgan fingerprint density at radius 2 is 0.708 bits per heavy atom. The molecule has 0 aromatic carbocycles. The van der Waals surface area contributed by atoms with Crippen molar-refractivity contribution in [1.29, 1.82) is 0 Å². The molecule has 2 atom stereocenters. The van der Waals surface area contributed by atoms with E-state index in [0.29, 0.717) is 44.3 Å². The lowest BCUT2D eigenvalue weighted by atomic mass is 9.95. The van der Waals surface area contributed by atoms with Crippen LogP contribution < -0.4 is 0 Å². The SMILES string of the molecule is CCCCCCCCC(CCCCCC)COC(=O)CCCCCN(CCCCCC(=O)OCC(CCCCCC)CCCCCCCC)CCN(C)CCCCCC(=O)N(CC)CC. The lowest BCUT2D eigenvalue weighted by molar-refractivity contribution is -0.146. The van der Waals surface area contributed by atoms with Crippen molar-refractivity contribution < 1.29 is 23.9 Å². The van der Waals surface area contributed by atoms with Crippen LogP contribution >= 0.6 is 0 Å². The molecule has 0 aliphatic heterocycles. The molecule has 0 saturated carbocycles. The largest absolute Gasteiger partial charge is 0.465 e. The molecule has 0 heterocycles. The van der Waals surface area contributed by atoms with Crippen LogP contribution in [0.5, 0.6) is 0 Å². The van der Waals surface area contributed by atoms with Crippen molar-refractivity contribution in [2.75, 3.05) is 66.1 Å². The Kier molecular flexibility index (Phi) is 47.5. The van der Waals surface area contributed by atoms with Crippen molar-refractivity contribution in [3.8, 4) is 0 Å². The van der Waals surface area contributed by atoms with Gasteiger partial charge < -0.3 is 24.2 Å². The first-order valence-corrected chi connectivity index (χ1v) is 28.7. The van der Waals surface area contributed by atoms with Gasteiger partial charge >= 0.3 is 11.9 Å². The fraction of sp³-hybridized carbons (Fsp3) is 0.947. The molecule has 2 unspecified atom stereocenters. The van der Waals surface area contributed by atoms with Crippen LogP contribution in [0.2, 0.25) is 0 Å². The van der Waals surface area contributed by atoms with E-state index in [1.165, 1.54) is 154 Å². The van der Waals surface area contributed by atoms with E-state index >= 15 is 0 Å². The first-order valence-electron chi connectivity index (χ1n) is 28.7. The number of ether oxygens (including phenoxy) is 2. The van der Waals surface area contributed by atoms with E-state index in [9.17, 15) is 14.4 Å². The van der Waals surface area contributed by atoms with Gasteiger partial charge in [-0.05, 0) is 117 Å². The van der Waals surface area contributed by atoms with Crippen LogP contribution in [0.15, 0.2) is 0 Å². The molecule has 0 radical (unpaired) electrons. The van der Waals surface area contributed by atoms with Gasteiger partial charge in [-0.3, -0.25) is 14.4 Å². The Balaban J connectivity index is 4.91. The van der Waals surface area contributed by atoms with Gasteiger partial charge in [-0.25, -0.2) is 0 Å². The summed E-state index contributed by atoms with van der Waals surface area (Å²) in [6.45, 7) is 21.2. The fourth-order valence-electron chi connectivity index (χ4n) is 9.23. The van der Waals surface area contributed by atoms with Gasteiger partial charge in [0, 0.05) is 45.4 Å². The number of hydrogen-bond acceptors (Lipinski definition) is 7. The van der Waals surface area contributed by atoms with Gasteiger partial charge in [-0.2, -0.15) is 0 Å². The first kappa shape index (κ1) is 63.3. The van der Waals surface area contributed by atoms with Crippen LogP contribution in [0, 0.1) is 11.8 Å². The summed E-state index contributed by atoms with van der Waals surface area (Å²) in [5.74, 6) is 1.29. The van der Waals surface area contributed by atoms with E-state index in [-0.39, 0.29) is 17.8 Å². The average molecular weight is 921 g/mol. The number of nitrogens with zero attached hydrogens (tertiary/aromatic N) is 3. The molecule has 8 nitrogen and oxygen atoms in total. The van der Waals surface area contributed by atoms with Crippen molar-refractivity contribution >= 4 is 17.8 Å². The summed E-state index contributed by atoms with van der Waals surface area (Å²) in [5.41, 5.74) is 0. The van der Waals surface area contributed by atoms with Gasteiger partial charge in [-0.15, -0.1) is 0 Å². The van der Waals surface area contributed by atoms with E-state index in [0.717, 1.165) is 104 Å². The molecule has 0 aliphatic carbocycles. The molecule has 0 spiro atoms. The standard InChI is InChI=1S/C57H113N3O5/c1-8-14-18-22-24-31-41-53(39-29-20-16-10-3)51-64-56(62)44-34-27-37-47-59(50-49-58(7)46-36-26-33-43-55(61)60(12-5)13-6)48-38-28-35-45-57(63)65-52-54(40-30-21-17-11-4)42-32-25-23-19-15-9-2/h53-54H,8-52H2,1-7H3. The summed E-state index contributed by atoms with van der Waals surface area (Å²) >= 11 is 0. The number of likely N-dealkylation sites (N-methyl/N-ethyl adjacent to an activating group) is 1. The maximum absolute atomic E-state index is 12.8. The summed E-state index contributed by atoms with van der Waals surface area (Å²) in [7, 11) is 2.23. The lowest BCUT2D eigenvalue weighted by Gasteiger charge is -2.26. The molecule has 0 aromatic rings. The second-order valence-electron chi connectivity index (χ2n) is 20.1. The van der Waals surface area contributed by atoms with Crippen LogP contribution in [0.4, 0.5) is 0 Å². The molecule has 8 heteroatoms. The molecule has 0 rings (SSSR count). The summed E-state index contributed by atoms with van der Waals surface area (Å²) in [4.78, 5) is 45.1. The van der Waals surface area contributed by atoms with Gasteiger partial charge in [0.05, 0.1) is 13.2 Å². The lowest BCUT2D eigenvalue weighted by Crippen LogP contribution is -2.35. The minimum Gasteiger partial charge on any atom is -0.465 e. The molecule has 0 fully saturated rings. The zero-order valence-corrected chi connectivity index (χ0v) is 44.9. The number of carbonyl (C=O) groups excluding carboxylic acids is 3. The Morgan fingerprint density at radius 3 is 1.11 bits per heavy atom. The zero-order chi connectivity index (χ0) is 47.9. The minimum atomic E-state index is -0.0127. The normalized spacial score (nSPS) is 12.6. The van der Waals surface area contributed by atoms with Crippen LogP contribution in [0.25, 0.3) is 0 Å². The zero-order valence-electron chi connectivity index (χ0n) is 44.9. The number of hydrogen-bond donors (Lipinski definition) is 0. The highest BCUT2D eigenvalue weighted by atomic mass is 16.5. The van der Waals surface area contributed by atoms with Crippen molar-refractivity contribution in [2.45, 2.75) is 273 Å². The number of carbonyl (C=O) groups is 3. The Morgan fingerprint density at radius 1 is 0.369 bits per heavy atom. The van der Waals surface area contributed by atoms with Gasteiger partial charge in [0.15, 0.2) is 0 Å². The molecule has 0 aliphatic rings. The van der Waals surface area contributed by atoms with E-state index in [2.05, 4.69) is 58.4 Å². The number of amides is 1. The molecule has 0 bridgehead atoms. The maximum atomic E-state index is 12.8. The average Bonchev–Trinajstić information content (AvgIpc) is 3.30.